The SMILES string of the molecule is O=C(NC1CCN(Cc2ccccc2)CC1)c1n[nH]c2ccncc12. The second-order valence-corrected chi connectivity index (χ2v) is 6.50. The highest BCUT2D eigenvalue weighted by atomic mass is 16.2. The van der Waals surface area contributed by atoms with Crippen molar-refractivity contribution in [2.24, 2.45) is 0 Å². The molecule has 0 atom stereocenters. The number of piperidine rings is 1. The molecule has 1 aliphatic rings. The predicted octanol–water partition coefficient (Wildman–Crippen LogP) is 2.35. The van der Waals surface area contributed by atoms with Gasteiger partial charge in [0.15, 0.2) is 5.69 Å². The first kappa shape index (κ1) is 15.8. The Bertz CT molecular complexity index is 852. The molecule has 1 fully saturated rings. The lowest BCUT2D eigenvalue weighted by Crippen LogP contribution is -2.44. The molecule has 2 aromatic heterocycles. The third-order valence-electron chi connectivity index (χ3n) is 4.75. The first-order valence-electron chi connectivity index (χ1n) is 8.65. The van der Waals surface area contributed by atoms with Crippen molar-refractivity contribution in [3.63, 3.8) is 0 Å². The van der Waals surface area contributed by atoms with E-state index < -0.39 is 0 Å². The maximum absolute atomic E-state index is 12.5. The van der Waals surface area contributed by atoms with Gasteiger partial charge in [0.05, 0.1) is 10.9 Å². The number of hydrogen-bond acceptors (Lipinski definition) is 4. The molecule has 6 heteroatoms. The van der Waals surface area contributed by atoms with Gasteiger partial charge in [0.2, 0.25) is 0 Å². The van der Waals surface area contributed by atoms with Crippen molar-refractivity contribution in [2.75, 3.05) is 13.1 Å². The Labute approximate surface area is 146 Å². The molecule has 0 bridgehead atoms. The van der Waals surface area contributed by atoms with Crippen LogP contribution in [0.15, 0.2) is 48.8 Å². The van der Waals surface area contributed by atoms with E-state index in [1.54, 1.807) is 12.4 Å². The van der Waals surface area contributed by atoms with Crippen molar-refractivity contribution in [1.82, 2.24) is 25.4 Å². The van der Waals surface area contributed by atoms with Gasteiger partial charge in [-0.25, -0.2) is 0 Å². The molecular formula is C19H21N5O. The van der Waals surface area contributed by atoms with Gasteiger partial charge >= 0.3 is 0 Å². The van der Waals surface area contributed by atoms with Crippen LogP contribution in [0.1, 0.15) is 28.9 Å². The molecular weight excluding hydrogens is 314 g/mol. The number of rotatable bonds is 4. The topological polar surface area (TPSA) is 73.9 Å². The second-order valence-electron chi connectivity index (χ2n) is 6.50. The Hall–Kier alpha value is -2.73. The average Bonchev–Trinajstić information content (AvgIpc) is 3.08. The van der Waals surface area contributed by atoms with E-state index >= 15 is 0 Å². The number of hydrogen-bond donors (Lipinski definition) is 2. The number of aromatic amines is 1. The van der Waals surface area contributed by atoms with Crippen LogP contribution in [0.5, 0.6) is 0 Å². The molecule has 1 aromatic carbocycles. The lowest BCUT2D eigenvalue weighted by Gasteiger charge is -2.32. The van der Waals surface area contributed by atoms with Crippen molar-refractivity contribution in [3.8, 4) is 0 Å². The van der Waals surface area contributed by atoms with E-state index in [0.29, 0.717) is 5.69 Å². The molecule has 0 saturated carbocycles. The van der Waals surface area contributed by atoms with Gasteiger partial charge in [0.25, 0.3) is 5.91 Å². The third kappa shape index (κ3) is 3.53. The first-order chi connectivity index (χ1) is 12.3. The van der Waals surface area contributed by atoms with Gasteiger partial charge in [0.1, 0.15) is 0 Å². The summed E-state index contributed by atoms with van der Waals surface area (Å²) in [6, 6.07) is 12.5. The monoisotopic (exact) mass is 335 g/mol. The van der Waals surface area contributed by atoms with E-state index in [1.807, 2.05) is 12.1 Å². The summed E-state index contributed by atoms with van der Waals surface area (Å²) in [6.45, 7) is 2.95. The van der Waals surface area contributed by atoms with Crippen LogP contribution in [0.25, 0.3) is 10.9 Å². The number of likely N-dealkylation sites (tertiary alicyclic amines) is 1. The number of carbonyl (C=O) groups is 1. The number of amides is 1. The summed E-state index contributed by atoms with van der Waals surface area (Å²) in [5, 5.41) is 10.9. The minimum atomic E-state index is -0.124. The van der Waals surface area contributed by atoms with E-state index in [0.717, 1.165) is 43.4 Å². The maximum atomic E-state index is 12.5. The number of fused-ring (bicyclic) bond motifs is 1. The Morgan fingerprint density at radius 3 is 2.80 bits per heavy atom. The summed E-state index contributed by atoms with van der Waals surface area (Å²) in [7, 11) is 0. The third-order valence-corrected chi connectivity index (χ3v) is 4.75. The number of carbonyl (C=O) groups excluding carboxylic acids is 1. The van der Waals surface area contributed by atoms with E-state index in [1.165, 1.54) is 5.56 Å². The van der Waals surface area contributed by atoms with Gasteiger partial charge in [-0.2, -0.15) is 5.10 Å². The summed E-state index contributed by atoms with van der Waals surface area (Å²) in [4.78, 5) is 19.0. The van der Waals surface area contributed by atoms with Crippen LogP contribution in [0, 0.1) is 0 Å². The minimum Gasteiger partial charge on any atom is -0.348 e. The fourth-order valence-electron chi connectivity index (χ4n) is 3.36. The van der Waals surface area contributed by atoms with Crippen molar-refractivity contribution in [2.45, 2.75) is 25.4 Å². The standard InChI is InChI=1S/C19H21N5O/c25-19(18-16-12-20-9-6-17(16)22-23-18)21-15-7-10-24(11-8-15)13-14-4-2-1-3-5-14/h1-6,9,12,15H,7-8,10-11,13H2,(H,21,25)(H,22,23). The molecule has 6 nitrogen and oxygen atoms in total. The molecule has 25 heavy (non-hydrogen) atoms. The molecule has 128 valence electrons. The highest BCUT2D eigenvalue weighted by Gasteiger charge is 2.23. The van der Waals surface area contributed by atoms with Gasteiger partial charge in [-0.3, -0.25) is 19.8 Å². The van der Waals surface area contributed by atoms with Gasteiger partial charge in [0, 0.05) is 38.1 Å². The van der Waals surface area contributed by atoms with Crippen LogP contribution in [0.2, 0.25) is 0 Å². The number of pyridine rings is 1. The lowest BCUT2D eigenvalue weighted by atomic mass is 10.0. The Morgan fingerprint density at radius 1 is 1.20 bits per heavy atom. The zero-order valence-electron chi connectivity index (χ0n) is 14.0. The molecule has 1 aliphatic heterocycles. The smallest absolute Gasteiger partial charge is 0.272 e. The summed E-state index contributed by atoms with van der Waals surface area (Å²) in [5.74, 6) is -0.124. The number of nitrogens with one attached hydrogen (secondary N) is 2. The quantitative estimate of drug-likeness (QED) is 0.767. The molecule has 4 rings (SSSR count). The summed E-state index contributed by atoms with van der Waals surface area (Å²) in [6.07, 6.45) is 5.28. The molecule has 0 aliphatic carbocycles. The fraction of sp³-hybridized carbons (Fsp3) is 0.316. The zero-order valence-corrected chi connectivity index (χ0v) is 14.0. The molecule has 1 amide bonds. The molecule has 0 radical (unpaired) electrons. The van der Waals surface area contributed by atoms with Crippen molar-refractivity contribution >= 4 is 16.8 Å². The van der Waals surface area contributed by atoms with Gasteiger partial charge in [-0.1, -0.05) is 30.3 Å². The van der Waals surface area contributed by atoms with Crippen LogP contribution in [0.4, 0.5) is 0 Å². The highest BCUT2D eigenvalue weighted by Crippen LogP contribution is 2.17. The highest BCUT2D eigenvalue weighted by molar-refractivity contribution is 6.04. The predicted molar refractivity (Wildman–Crippen MR) is 96.1 cm³/mol. The molecule has 1 saturated heterocycles. The summed E-state index contributed by atoms with van der Waals surface area (Å²) >= 11 is 0. The number of H-pyrrole nitrogens is 1. The van der Waals surface area contributed by atoms with Crippen molar-refractivity contribution < 1.29 is 4.79 Å². The van der Waals surface area contributed by atoms with E-state index in [9.17, 15) is 4.79 Å². The van der Waals surface area contributed by atoms with Crippen LogP contribution < -0.4 is 5.32 Å². The Balaban J connectivity index is 1.33. The molecule has 0 spiro atoms. The largest absolute Gasteiger partial charge is 0.348 e. The van der Waals surface area contributed by atoms with Crippen LogP contribution in [0.3, 0.4) is 0 Å². The van der Waals surface area contributed by atoms with E-state index in [-0.39, 0.29) is 11.9 Å². The number of aromatic nitrogens is 3. The summed E-state index contributed by atoms with van der Waals surface area (Å²) in [5.41, 5.74) is 2.59. The molecule has 0 unspecified atom stereocenters. The first-order valence-corrected chi connectivity index (χ1v) is 8.65. The molecule has 3 aromatic rings. The molecule has 3 heterocycles. The van der Waals surface area contributed by atoms with Gasteiger partial charge in [-0.05, 0) is 24.5 Å². The van der Waals surface area contributed by atoms with Gasteiger partial charge < -0.3 is 5.32 Å². The second kappa shape index (κ2) is 7.03. The lowest BCUT2D eigenvalue weighted by molar-refractivity contribution is 0.0905. The van der Waals surface area contributed by atoms with Crippen LogP contribution in [-0.4, -0.2) is 45.1 Å². The molecule has 2 N–H and O–H groups in total. The maximum Gasteiger partial charge on any atom is 0.272 e. The Kier molecular flexibility index (Phi) is 4.43. The van der Waals surface area contributed by atoms with Gasteiger partial charge in [-0.15, -0.1) is 0 Å². The minimum absolute atomic E-state index is 0.124. The number of benzene rings is 1. The van der Waals surface area contributed by atoms with E-state index in [2.05, 4.69) is 49.7 Å². The zero-order chi connectivity index (χ0) is 17.1. The van der Waals surface area contributed by atoms with Crippen molar-refractivity contribution in [3.05, 3.63) is 60.0 Å². The number of nitrogens with zero attached hydrogens (tertiary/aromatic N) is 3. The van der Waals surface area contributed by atoms with Crippen LogP contribution >= 0.6 is 0 Å². The van der Waals surface area contributed by atoms with Crippen molar-refractivity contribution in [1.29, 1.82) is 0 Å². The summed E-state index contributed by atoms with van der Waals surface area (Å²) < 4.78 is 0. The normalized spacial score (nSPS) is 16.2. The Morgan fingerprint density at radius 2 is 2.00 bits per heavy atom. The fourth-order valence-corrected chi connectivity index (χ4v) is 3.36. The average molecular weight is 335 g/mol. The van der Waals surface area contributed by atoms with Crippen LogP contribution in [-0.2, 0) is 6.54 Å². The van der Waals surface area contributed by atoms with E-state index in [4.69, 9.17) is 0 Å².